The lowest BCUT2D eigenvalue weighted by Gasteiger charge is -2.10. The number of carbonyl (C=O) groups is 1. The van der Waals surface area contributed by atoms with E-state index < -0.39 is 0 Å². The van der Waals surface area contributed by atoms with Gasteiger partial charge in [0.25, 0.3) is 0 Å². The van der Waals surface area contributed by atoms with Crippen LogP contribution in [-0.2, 0) is 0 Å². The molecule has 0 aliphatic carbocycles. The first-order valence-corrected chi connectivity index (χ1v) is 17.5. The molecule has 3 heterocycles. The zero-order valence-electron chi connectivity index (χ0n) is 28.1. The van der Waals surface area contributed by atoms with Gasteiger partial charge in [-0.05, 0) is 71.8 Å². The first kappa shape index (κ1) is 29.8. The third-order valence-corrected chi connectivity index (χ3v) is 10.1. The van der Waals surface area contributed by atoms with E-state index in [4.69, 9.17) is 4.98 Å². The van der Waals surface area contributed by atoms with Crippen molar-refractivity contribution in [2.75, 3.05) is 0 Å². The van der Waals surface area contributed by atoms with Crippen LogP contribution >= 0.6 is 0 Å². The van der Waals surface area contributed by atoms with Crippen molar-refractivity contribution in [1.29, 1.82) is 0 Å². The molecule has 0 unspecified atom stereocenters. The van der Waals surface area contributed by atoms with Crippen LogP contribution in [0.3, 0.4) is 0 Å². The van der Waals surface area contributed by atoms with Gasteiger partial charge in [0, 0.05) is 43.9 Å². The van der Waals surface area contributed by atoms with Gasteiger partial charge in [-0.25, -0.2) is 4.98 Å². The summed E-state index contributed by atoms with van der Waals surface area (Å²) in [6.07, 6.45) is 0. The van der Waals surface area contributed by atoms with Crippen LogP contribution in [-0.4, -0.2) is 19.9 Å². The molecule has 244 valence electrons. The summed E-state index contributed by atoms with van der Waals surface area (Å²) in [5, 5.41) is 4.83. The van der Waals surface area contributed by atoms with Crippen molar-refractivity contribution < 1.29 is 4.79 Å². The number of ketones is 1. The van der Waals surface area contributed by atoms with E-state index in [0.29, 0.717) is 11.1 Å². The van der Waals surface area contributed by atoms with E-state index in [-0.39, 0.29) is 5.78 Å². The molecular formula is C48H31N3O. The Hall–Kier alpha value is -7.04. The summed E-state index contributed by atoms with van der Waals surface area (Å²) < 4.78 is 4.60. The van der Waals surface area contributed by atoms with Crippen LogP contribution in [0, 0.1) is 0 Å². The van der Waals surface area contributed by atoms with Crippen LogP contribution < -0.4 is 0 Å². The number of hydrogen-bond donors (Lipinski definition) is 0. The SMILES string of the molecule is O=C(c1ccccc1)c1ccc(-c2cccc(-n3c4ccccc4c4cc(-c5ccc6c(c5)c5ccccc5n6-c5ccccc5)ccc43)n2)cc1. The summed E-state index contributed by atoms with van der Waals surface area (Å²) in [6, 6.07) is 64.6. The van der Waals surface area contributed by atoms with Crippen LogP contribution in [0.5, 0.6) is 0 Å². The molecule has 10 rings (SSSR count). The number of aromatic nitrogens is 3. The summed E-state index contributed by atoms with van der Waals surface area (Å²) >= 11 is 0. The molecule has 0 radical (unpaired) electrons. The number of hydrogen-bond acceptors (Lipinski definition) is 2. The van der Waals surface area contributed by atoms with Gasteiger partial charge in [0.05, 0.1) is 27.8 Å². The Morgan fingerprint density at radius 3 is 1.54 bits per heavy atom. The number of nitrogens with zero attached hydrogens (tertiary/aromatic N) is 3. The van der Waals surface area contributed by atoms with Crippen molar-refractivity contribution >= 4 is 49.4 Å². The van der Waals surface area contributed by atoms with Gasteiger partial charge in [-0.1, -0.05) is 127 Å². The van der Waals surface area contributed by atoms with Crippen molar-refractivity contribution in [3.05, 3.63) is 199 Å². The highest BCUT2D eigenvalue weighted by molar-refractivity contribution is 6.13. The molecule has 4 heteroatoms. The third kappa shape index (κ3) is 4.84. The van der Waals surface area contributed by atoms with E-state index in [9.17, 15) is 4.79 Å². The molecule has 3 aromatic heterocycles. The molecule has 0 saturated heterocycles. The number of para-hydroxylation sites is 3. The van der Waals surface area contributed by atoms with Crippen molar-refractivity contribution in [2.24, 2.45) is 0 Å². The van der Waals surface area contributed by atoms with Crippen LogP contribution in [0.4, 0.5) is 0 Å². The van der Waals surface area contributed by atoms with Gasteiger partial charge in [-0.2, -0.15) is 0 Å². The molecule has 0 aliphatic heterocycles. The minimum absolute atomic E-state index is 0.0115. The normalized spacial score (nSPS) is 11.5. The first-order chi connectivity index (χ1) is 25.7. The fraction of sp³-hybridized carbons (Fsp3) is 0. The maximum Gasteiger partial charge on any atom is 0.193 e. The fourth-order valence-corrected chi connectivity index (χ4v) is 7.66. The topological polar surface area (TPSA) is 39.8 Å². The van der Waals surface area contributed by atoms with Gasteiger partial charge >= 0.3 is 0 Å². The lowest BCUT2D eigenvalue weighted by atomic mass is 10.0. The maximum atomic E-state index is 13.0. The van der Waals surface area contributed by atoms with Crippen molar-refractivity contribution in [3.8, 4) is 33.9 Å². The van der Waals surface area contributed by atoms with Crippen molar-refractivity contribution in [1.82, 2.24) is 14.1 Å². The molecule has 0 bridgehead atoms. The largest absolute Gasteiger partial charge is 0.309 e. The maximum absolute atomic E-state index is 13.0. The molecule has 0 amide bonds. The Balaban J connectivity index is 1.06. The highest BCUT2D eigenvalue weighted by Gasteiger charge is 2.17. The standard InChI is InChI=1S/C48H31N3O/c52-48(33-12-3-1-4-13-33)34-24-22-32(23-25-34)42-18-11-21-47(49-42)51-44-20-10-8-17-39(44)41-31-36(27-29-46(41)51)35-26-28-45-40(30-35)38-16-7-9-19-43(38)50(45)37-14-5-2-6-15-37/h1-31H. The summed E-state index contributed by atoms with van der Waals surface area (Å²) in [6.45, 7) is 0. The molecule has 0 fully saturated rings. The lowest BCUT2D eigenvalue weighted by molar-refractivity contribution is 0.103. The summed E-state index contributed by atoms with van der Waals surface area (Å²) in [5.41, 5.74) is 11.2. The number of benzene rings is 7. The van der Waals surface area contributed by atoms with E-state index in [2.05, 4.69) is 137 Å². The summed E-state index contributed by atoms with van der Waals surface area (Å²) in [5.74, 6) is 0.855. The van der Waals surface area contributed by atoms with Gasteiger partial charge < -0.3 is 4.57 Å². The van der Waals surface area contributed by atoms with Crippen LogP contribution in [0.2, 0.25) is 0 Å². The van der Waals surface area contributed by atoms with Crippen molar-refractivity contribution in [2.45, 2.75) is 0 Å². The Labute approximate surface area is 300 Å². The monoisotopic (exact) mass is 665 g/mol. The number of rotatable bonds is 6. The average molecular weight is 666 g/mol. The average Bonchev–Trinajstić information content (AvgIpc) is 3.73. The quantitative estimate of drug-likeness (QED) is 0.166. The minimum atomic E-state index is 0.0115. The predicted molar refractivity (Wildman–Crippen MR) is 214 cm³/mol. The van der Waals surface area contributed by atoms with Gasteiger partial charge in [0.15, 0.2) is 5.78 Å². The lowest BCUT2D eigenvalue weighted by Crippen LogP contribution is -2.01. The zero-order chi connectivity index (χ0) is 34.6. The molecule has 0 N–H and O–H groups in total. The van der Waals surface area contributed by atoms with Gasteiger partial charge in [0.1, 0.15) is 5.82 Å². The second-order valence-corrected chi connectivity index (χ2v) is 13.2. The Morgan fingerprint density at radius 1 is 0.385 bits per heavy atom. The van der Waals surface area contributed by atoms with E-state index >= 15 is 0 Å². The van der Waals surface area contributed by atoms with Crippen molar-refractivity contribution in [3.63, 3.8) is 0 Å². The second-order valence-electron chi connectivity index (χ2n) is 13.2. The van der Waals surface area contributed by atoms with Crippen LogP contribution in [0.1, 0.15) is 15.9 Å². The molecule has 52 heavy (non-hydrogen) atoms. The summed E-state index contributed by atoms with van der Waals surface area (Å²) in [7, 11) is 0. The molecular weight excluding hydrogens is 635 g/mol. The summed E-state index contributed by atoms with van der Waals surface area (Å²) in [4.78, 5) is 18.2. The molecule has 0 spiro atoms. The molecule has 0 aliphatic rings. The van der Waals surface area contributed by atoms with E-state index in [1.54, 1.807) is 0 Å². The fourth-order valence-electron chi connectivity index (χ4n) is 7.66. The Kier molecular flexibility index (Phi) is 6.93. The molecule has 4 nitrogen and oxygen atoms in total. The minimum Gasteiger partial charge on any atom is -0.309 e. The van der Waals surface area contributed by atoms with Gasteiger partial charge in [-0.3, -0.25) is 9.36 Å². The third-order valence-electron chi connectivity index (χ3n) is 10.1. The number of pyridine rings is 1. The highest BCUT2D eigenvalue weighted by atomic mass is 16.1. The van der Waals surface area contributed by atoms with Gasteiger partial charge in [0.2, 0.25) is 0 Å². The smallest absolute Gasteiger partial charge is 0.193 e. The highest BCUT2D eigenvalue weighted by Crippen LogP contribution is 2.38. The Morgan fingerprint density at radius 2 is 0.885 bits per heavy atom. The molecule has 10 aromatic rings. The van der Waals surface area contributed by atoms with E-state index in [0.717, 1.165) is 33.8 Å². The van der Waals surface area contributed by atoms with Crippen LogP contribution in [0.25, 0.3) is 77.5 Å². The molecule has 0 saturated carbocycles. The number of carbonyl (C=O) groups excluding carboxylic acids is 1. The molecule has 7 aromatic carbocycles. The Bertz CT molecular complexity index is 2960. The first-order valence-electron chi connectivity index (χ1n) is 17.5. The zero-order valence-corrected chi connectivity index (χ0v) is 28.1. The molecule has 0 atom stereocenters. The van der Waals surface area contributed by atoms with E-state index in [1.807, 2.05) is 60.7 Å². The number of fused-ring (bicyclic) bond motifs is 6. The second kappa shape index (κ2) is 12.1. The van der Waals surface area contributed by atoms with E-state index in [1.165, 1.54) is 43.7 Å². The van der Waals surface area contributed by atoms with Crippen LogP contribution in [0.15, 0.2) is 188 Å². The predicted octanol–water partition coefficient (Wildman–Crippen LogP) is 11.8. The van der Waals surface area contributed by atoms with Gasteiger partial charge in [-0.15, -0.1) is 0 Å².